The summed E-state index contributed by atoms with van der Waals surface area (Å²) in [7, 11) is 3.20. The van der Waals surface area contributed by atoms with E-state index in [9.17, 15) is 4.79 Å². The van der Waals surface area contributed by atoms with Gasteiger partial charge in [-0.25, -0.2) is 4.79 Å². The number of hydrogen-bond donors (Lipinski definition) is 2. The summed E-state index contributed by atoms with van der Waals surface area (Å²) in [5.74, 6) is 1.73. The molecule has 0 saturated heterocycles. The van der Waals surface area contributed by atoms with Gasteiger partial charge >= 0.3 is 6.03 Å². The molecule has 1 aliphatic rings. The Morgan fingerprint density at radius 1 is 1.22 bits per heavy atom. The maximum atomic E-state index is 12.1. The molecule has 6 heteroatoms. The SMILES string of the molecule is COCCOc1cc(NC(=O)NC2CCCC2C)ccc1OC. The fourth-order valence-electron chi connectivity index (χ4n) is 2.80. The molecule has 0 heterocycles. The van der Waals surface area contributed by atoms with Crippen molar-refractivity contribution in [1.29, 1.82) is 0 Å². The van der Waals surface area contributed by atoms with Crippen molar-refractivity contribution in [2.45, 2.75) is 32.2 Å². The van der Waals surface area contributed by atoms with E-state index in [1.54, 1.807) is 32.4 Å². The first-order valence-electron chi connectivity index (χ1n) is 8.01. The van der Waals surface area contributed by atoms with Crippen molar-refractivity contribution in [3.63, 3.8) is 0 Å². The molecule has 2 unspecified atom stereocenters. The highest BCUT2D eigenvalue weighted by molar-refractivity contribution is 5.89. The first kappa shape index (κ1) is 17.4. The minimum Gasteiger partial charge on any atom is -0.493 e. The van der Waals surface area contributed by atoms with Gasteiger partial charge < -0.3 is 24.8 Å². The zero-order valence-electron chi connectivity index (χ0n) is 14.1. The molecule has 6 nitrogen and oxygen atoms in total. The molecule has 2 rings (SSSR count). The minimum atomic E-state index is -0.184. The van der Waals surface area contributed by atoms with Crippen molar-refractivity contribution < 1.29 is 19.0 Å². The minimum absolute atomic E-state index is 0.184. The lowest BCUT2D eigenvalue weighted by Crippen LogP contribution is -2.39. The second kappa shape index (κ2) is 8.62. The van der Waals surface area contributed by atoms with Gasteiger partial charge in [0.2, 0.25) is 0 Å². The summed E-state index contributed by atoms with van der Waals surface area (Å²) < 4.78 is 15.9. The molecule has 0 radical (unpaired) electrons. The first-order chi connectivity index (χ1) is 11.1. The maximum Gasteiger partial charge on any atom is 0.319 e. The van der Waals surface area contributed by atoms with Gasteiger partial charge in [0.1, 0.15) is 6.61 Å². The summed E-state index contributed by atoms with van der Waals surface area (Å²) in [6.45, 7) is 3.08. The zero-order valence-corrected chi connectivity index (χ0v) is 14.1. The van der Waals surface area contributed by atoms with Crippen molar-refractivity contribution >= 4 is 11.7 Å². The van der Waals surface area contributed by atoms with Crippen LogP contribution < -0.4 is 20.1 Å². The molecule has 0 bridgehead atoms. The Balaban J connectivity index is 1.95. The molecule has 2 amide bonds. The fraction of sp³-hybridized carbons (Fsp3) is 0.588. The standard InChI is InChI=1S/C17H26N2O4/c1-12-5-4-6-14(12)19-17(20)18-13-7-8-15(22-3)16(11-13)23-10-9-21-2/h7-8,11-12,14H,4-6,9-10H2,1-3H3,(H2,18,19,20). The van der Waals surface area contributed by atoms with Gasteiger partial charge in [-0.2, -0.15) is 0 Å². The second-order valence-corrected chi connectivity index (χ2v) is 5.82. The van der Waals surface area contributed by atoms with Crippen LogP contribution in [-0.4, -0.2) is 39.5 Å². The van der Waals surface area contributed by atoms with E-state index in [2.05, 4.69) is 17.6 Å². The van der Waals surface area contributed by atoms with Gasteiger partial charge in [-0.1, -0.05) is 13.3 Å². The molecule has 0 aromatic heterocycles. The van der Waals surface area contributed by atoms with E-state index in [1.165, 1.54) is 12.8 Å². The number of nitrogens with one attached hydrogen (secondary N) is 2. The molecule has 0 aliphatic heterocycles. The monoisotopic (exact) mass is 322 g/mol. The second-order valence-electron chi connectivity index (χ2n) is 5.82. The van der Waals surface area contributed by atoms with Crippen molar-refractivity contribution in [1.82, 2.24) is 5.32 Å². The highest BCUT2D eigenvalue weighted by atomic mass is 16.5. The van der Waals surface area contributed by atoms with Crippen LogP contribution in [0.4, 0.5) is 10.5 Å². The van der Waals surface area contributed by atoms with E-state index < -0.39 is 0 Å². The molecule has 1 aromatic carbocycles. The predicted octanol–water partition coefficient (Wildman–Crippen LogP) is 3.03. The van der Waals surface area contributed by atoms with Crippen molar-refractivity contribution in [2.75, 3.05) is 32.8 Å². The van der Waals surface area contributed by atoms with E-state index >= 15 is 0 Å². The van der Waals surface area contributed by atoms with Crippen LogP contribution in [0.2, 0.25) is 0 Å². The zero-order chi connectivity index (χ0) is 16.7. The molecule has 2 atom stereocenters. The Hall–Kier alpha value is -1.95. The Labute approximate surface area is 137 Å². The number of methoxy groups -OCH3 is 2. The molecule has 1 saturated carbocycles. The molecular weight excluding hydrogens is 296 g/mol. The number of carbonyl (C=O) groups excluding carboxylic acids is 1. The van der Waals surface area contributed by atoms with Crippen LogP contribution in [0, 0.1) is 5.92 Å². The van der Waals surface area contributed by atoms with E-state index in [4.69, 9.17) is 14.2 Å². The van der Waals surface area contributed by atoms with E-state index in [1.807, 2.05) is 0 Å². The predicted molar refractivity (Wildman–Crippen MR) is 89.3 cm³/mol. The highest BCUT2D eigenvalue weighted by Gasteiger charge is 2.24. The summed E-state index contributed by atoms with van der Waals surface area (Å²) in [6, 6.07) is 5.39. The quantitative estimate of drug-likeness (QED) is 0.757. The smallest absolute Gasteiger partial charge is 0.319 e. The Bertz CT molecular complexity index is 521. The number of urea groups is 1. The van der Waals surface area contributed by atoms with E-state index in [0.29, 0.717) is 36.3 Å². The molecule has 2 N–H and O–H groups in total. The van der Waals surface area contributed by atoms with Crippen LogP contribution in [0.25, 0.3) is 0 Å². The third-order valence-corrected chi connectivity index (χ3v) is 4.14. The van der Waals surface area contributed by atoms with Gasteiger partial charge in [0.15, 0.2) is 11.5 Å². The third kappa shape index (κ3) is 5.03. The van der Waals surface area contributed by atoms with Crippen LogP contribution in [0.1, 0.15) is 26.2 Å². The molecule has 0 spiro atoms. The Kier molecular flexibility index (Phi) is 6.52. The molecule has 128 valence electrons. The first-order valence-corrected chi connectivity index (χ1v) is 8.01. The molecule has 1 fully saturated rings. The van der Waals surface area contributed by atoms with Gasteiger partial charge in [0.25, 0.3) is 0 Å². The average Bonchev–Trinajstić information content (AvgIpc) is 2.93. The Morgan fingerprint density at radius 2 is 2.04 bits per heavy atom. The van der Waals surface area contributed by atoms with Crippen LogP contribution >= 0.6 is 0 Å². The topological polar surface area (TPSA) is 68.8 Å². The fourth-order valence-corrected chi connectivity index (χ4v) is 2.80. The van der Waals surface area contributed by atoms with Gasteiger partial charge in [-0.05, 0) is 30.9 Å². The van der Waals surface area contributed by atoms with Crippen LogP contribution in [0.15, 0.2) is 18.2 Å². The van der Waals surface area contributed by atoms with Crippen molar-refractivity contribution in [2.24, 2.45) is 5.92 Å². The van der Waals surface area contributed by atoms with Crippen LogP contribution in [0.5, 0.6) is 11.5 Å². The average molecular weight is 322 g/mol. The number of carbonyl (C=O) groups is 1. The Morgan fingerprint density at radius 3 is 2.70 bits per heavy atom. The van der Waals surface area contributed by atoms with E-state index in [-0.39, 0.29) is 12.1 Å². The lowest BCUT2D eigenvalue weighted by atomic mass is 10.1. The lowest BCUT2D eigenvalue weighted by Gasteiger charge is -2.18. The highest BCUT2D eigenvalue weighted by Crippen LogP contribution is 2.30. The summed E-state index contributed by atoms with van der Waals surface area (Å²) in [6.07, 6.45) is 3.39. The van der Waals surface area contributed by atoms with Crippen molar-refractivity contribution in [3.05, 3.63) is 18.2 Å². The number of anilines is 1. The largest absolute Gasteiger partial charge is 0.493 e. The third-order valence-electron chi connectivity index (χ3n) is 4.14. The van der Waals surface area contributed by atoms with Crippen LogP contribution in [-0.2, 0) is 4.74 Å². The lowest BCUT2D eigenvalue weighted by molar-refractivity contribution is 0.144. The number of ether oxygens (including phenoxy) is 3. The van der Waals surface area contributed by atoms with Gasteiger partial charge in [0.05, 0.1) is 13.7 Å². The summed E-state index contributed by atoms with van der Waals surface area (Å²) in [5.41, 5.74) is 0.668. The number of benzene rings is 1. The molecule has 1 aromatic rings. The van der Waals surface area contributed by atoms with Gasteiger partial charge in [-0.15, -0.1) is 0 Å². The number of rotatable bonds is 7. The molecule has 1 aliphatic carbocycles. The summed E-state index contributed by atoms with van der Waals surface area (Å²) in [4.78, 5) is 12.1. The molecular formula is C17H26N2O4. The number of amides is 2. The molecule has 23 heavy (non-hydrogen) atoms. The van der Waals surface area contributed by atoms with E-state index in [0.717, 1.165) is 6.42 Å². The summed E-state index contributed by atoms with van der Waals surface area (Å²) >= 11 is 0. The summed E-state index contributed by atoms with van der Waals surface area (Å²) in [5, 5.41) is 5.89. The number of hydrogen-bond acceptors (Lipinski definition) is 4. The normalized spacial score (nSPS) is 20.1. The maximum absolute atomic E-state index is 12.1. The van der Waals surface area contributed by atoms with Gasteiger partial charge in [0, 0.05) is 24.9 Å². The van der Waals surface area contributed by atoms with Crippen molar-refractivity contribution in [3.8, 4) is 11.5 Å². The van der Waals surface area contributed by atoms with Crippen LogP contribution in [0.3, 0.4) is 0 Å². The van der Waals surface area contributed by atoms with Gasteiger partial charge in [-0.3, -0.25) is 0 Å².